The molecular formula is C19H25N5OS. The van der Waals surface area contributed by atoms with Gasteiger partial charge in [0.05, 0.1) is 22.8 Å². The first-order valence-electron chi connectivity index (χ1n) is 8.80. The van der Waals surface area contributed by atoms with Gasteiger partial charge in [0.2, 0.25) is 0 Å². The Bertz CT molecular complexity index is 941. The summed E-state index contributed by atoms with van der Waals surface area (Å²) in [4.78, 5) is 20.1. The minimum absolute atomic E-state index is 0.0955. The van der Waals surface area contributed by atoms with Crippen molar-refractivity contribution in [3.63, 3.8) is 0 Å². The van der Waals surface area contributed by atoms with E-state index in [9.17, 15) is 4.79 Å². The summed E-state index contributed by atoms with van der Waals surface area (Å²) < 4.78 is 1.87. The van der Waals surface area contributed by atoms with Gasteiger partial charge in [-0.3, -0.25) is 4.79 Å². The Morgan fingerprint density at radius 1 is 1.27 bits per heavy atom. The number of fused-ring (bicyclic) bond motifs is 1. The van der Waals surface area contributed by atoms with Gasteiger partial charge in [0.25, 0.3) is 5.91 Å². The molecule has 1 amide bonds. The van der Waals surface area contributed by atoms with Crippen molar-refractivity contribution >= 4 is 28.3 Å². The van der Waals surface area contributed by atoms with Crippen molar-refractivity contribution < 1.29 is 4.79 Å². The maximum Gasteiger partial charge on any atom is 0.252 e. The van der Waals surface area contributed by atoms with Crippen molar-refractivity contribution in [2.45, 2.75) is 33.7 Å². The summed E-state index contributed by atoms with van der Waals surface area (Å²) in [5.74, 6) is -0.0955. The van der Waals surface area contributed by atoms with Gasteiger partial charge in [-0.25, -0.2) is 9.67 Å². The molecule has 0 spiro atoms. The van der Waals surface area contributed by atoms with Crippen molar-refractivity contribution in [3.05, 3.63) is 33.6 Å². The minimum Gasteiger partial charge on any atom is -0.351 e. The fourth-order valence-corrected chi connectivity index (χ4v) is 3.94. The number of amides is 1. The third-order valence-electron chi connectivity index (χ3n) is 4.28. The topological polar surface area (TPSA) is 71.8 Å². The van der Waals surface area contributed by atoms with Crippen molar-refractivity contribution in [3.8, 4) is 11.3 Å². The molecule has 0 atom stereocenters. The molecular weight excluding hydrogens is 346 g/mol. The molecule has 3 heterocycles. The summed E-state index contributed by atoms with van der Waals surface area (Å²) in [6, 6.07) is 4.19. The SMILES string of the molecule is CNCCNC(=O)c1cc(-c2cc(C)sc2C)nc2c1cnn2C(C)C. The largest absolute Gasteiger partial charge is 0.351 e. The van der Waals surface area contributed by atoms with E-state index in [1.165, 1.54) is 9.75 Å². The Hall–Kier alpha value is -2.25. The highest BCUT2D eigenvalue weighted by Gasteiger charge is 2.19. The monoisotopic (exact) mass is 371 g/mol. The fraction of sp³-hybridized carbons (Fsp3) is 0.421. The molecule has 0 fully saturated rings. The zero-order valence-electron chi connectivity index (χ0n) is 15.9. The van der Waals surface area contributed by atoms with Crippen LogP contribution in [0.15, 0.2) is 18.3 Å². The molecule has 0 unspecified atom stereocenters. The first-order valence-corrected chi connectivity index (χ1v) is 9.62. The van der Waals surface area contributed by atoms with Gasteiger partial charge in [0, 0.05) is 34.4 Å². The highest BCUT2D eigenvalue weighted by atomic mass is 32.1. The number of rotatable bonds is 6. The number of carbonyl (C=O) groups excluding carboxylic acids is 1. The summed E-state index contributed by atoms with van der Waals surface area (Å²) in [5.41, 5.74) is 3.27. The molecule has 0 saturated heterocycles. The highest BCUT2D eigenvalue weighted by molar-refractivity contribution is 7.12. The first kappa shape index (κ1) is 18.5. The van der Waals surface area contributed by atoms with Gasteiger partial charge in [0.15, 0.2) is 5.65 Å². The molecule has 0 aliphatic rings. The van der Waals surface area contributed by atoms with Crippen LogP contribution in [0.2, 0.25) is 0 Å². The second-order valence-electron chi connectivity index (χ2n) is 6.66. The number of likely N-dealkylation sites (N-methyl/N-ethyl adjacent to an activating group) is 1. The van der Waals surface area contributed by atoms with Crippen LogP contribution in [0.5, 0.6) is 0 Å². The predicted molar refractivity (Wildman–Crippen MR) is 107 cm³/mol. The lowest BCUT2D eigenvalue weighted by Gasteiger charge is -2.11. The molecule has 3 aromatic heterocycles. The molecule has 7 heteroatoms. The number of hydrogen-bond acceptors (Lipinski definition) is 5. The quantitative estimate of drug-likeness (QED) is 0.652. The average molecular weight is 372 g/mol. The number of carbonyl (C=O) groups is 1. The van der Waals surface area contributed by atoms with Gasteiger partial charge in [-0.2, -0.15) is 5.10 Å². The van der Waals surface area contributed by atoms with Crippen LogP contribution in [0, 0.1) is 13.8 Å². The van der Waals surface area contributed by atoms with Crippen LogP contribution in [-0.2, 0) is 0 Å². The molecule has 2 N–H and O–H groups in total. The van der Waals surface area contributed by atoms with Gasteiger partial charge in [-0.15, -0.1) is 11.3 Å². The van der Waals surface area contributed by atoms with E-state index >= 15 is 0 Å². The molecule has 0 aromatic carbocycles. The van der Waals surface area contributed by atoms with E-state index in [1.54, 1.807) is 17.5 Å². The third-order valence-corrected chi connectivity index (χ3v) is 5.24. The molecule has 0 radical (unpaired) electrons. The lowest BCUT2D eigenvalue weighted by Crippen LogP contribution is -2.30. The van der Waals surface area contributed by atoms with Crippen LogP contribution >= 0.6 is 11.3 Å². The number of aryl methyl sites for hydroxylation is 2. The summed E-state index contributed by atoms with van der Waals surface area (Å²) in [6.07, 6.45) is 1.74. The predicted octanol–water partition coefficient (Wildman–Crippen LogP) is 3.31. The van der Waals surface area contributed by atoms with E-state index in [-0.39, 0.29) is 11.9 Å². The maximum absolute atomic E-state index is 12.8. The van der Waals surface area contributed by atoms with Crippen LogP contribution in [0.4, 0.5) is 0 Å². The molecule has 6 nitrogen and oxygen atoms in total. The molecule has 3 rings (SSSR count). The minimum atomic E-state index is -0.0955. The molecule has 26 heavy (non-hydrogen) atoms. The molecule has 0 aliphatic carbocycles. The Morgan fingerprint density at radius 3 is 2.65 bits per heavy atom. The van der Waals surface area contributed by atoms with E-state index < -0.39 is 0 Å². The standard InChI is InChI=1S/C19H25N5OS/c1-11(2)24-18-16(10-22-24)15(19(25)21-7-6-20-5)9-17(23-18)14-8-12(3)26-13(14)4/h8-11,20H,6-7H2,1-5H3,(H,21,25). The van der Waals surface area contributed by atoms with Crippen LogP contribution in [0.3, 0.4) is 0 Å². The molecule has 0 saturated carbocycles. The molecule has 3 aromatic rings. The van der Waals surface area contributed by atoms with E-state index in [0.29, 0.717) is 12.1 Å². The average Bonchev–Trinajstić information content (AvgIpc) is 3.16. The van der Waals surface area contributed by atoms with E-state index in [2.05, 4.69) is 49.5 Å². The molecule has 0 aliphatic heterocycles. The van der Waals surface area contributed by atoms with Gasteiger partial charge < -0.3 is 10.6 Å². The fourth-order valence-electron chi connectivity index (χ4n) is 3.00. The lowest BCUT2D eigenvalue weighted by molar-refractivity contribution is 0.0955. The lowest BCUT2D eigenvalue weighted by atomic mass is 10.1. The van der Waals surface area contributed by atoms with Crippen LogP contribution < -0.4 is 10.6 Å². The Balaban J connectivity index is 2.15. The Kier molecular flexibility index (Phi) is 5.38. The van der Waals surface area contributed by atoms with Crippen molar-refractivity contribution in [1.29, 1.82) is 0 Å². The molecule has 138 valence electrons. The summed E-state index contributed by atoms with van der Waals surface area (Å²) in [7, 11) is 1.86. The first-order chi connectivity index (χ1) is 12.4. The zero-order valence-corrected chi connectivity index (χ0v) is 16.7. The third kappa shape index (κ3) is 3.50. The van der Waals surface area contributed by atoms with E-state index in [4.69, 9.17) is 4.98 Å². The smallest absolute Gasteiger partial charge is 0.252 e. The van der Waals surface area contributed by atoms with Crippen molar-refractivity contribution in [2.24, 2.45) is 0 Å². The van der Waals surface area contributed by atoms with Crippen LogP contribution in [0.1, 0.15) is 40.0 Å². The second kappa shape index (κ2) is 7.55. The summed E-state index contributed by atoms with van der Waals surface area (Å²) in [5, 5.41) is 11.2. The number of aromatic nitrogens is 3. The second-order valence-corrected chi connectivity index (χ2v) is 8.12. The van der Waals surface area contributed by atoms with E-state index in [0.717, 1.165) is 28.8 Å². The van der Waals surface area contributed by atoms with Gasteiger partial charge in [0.1, 0.15) is 0 Å². The van der Waals surface area contributed by atoms with Gasteiger partial charge in [-0.1, -0.05) is 0 Å². The van der Waals surface area contributed by atoms with Crippen LogP contribution in [-0.4, -0.2) is 40.8 Å². The highest BCUT2D eigenvalue weighted by Crippen LogP contribution is 2.32. The van der Waals surface area contributed by atoms with E-state index in [1.807, 2.05) is 17.8 Å². The summed E-state index contributed by atoms with van der Waals surface area (Å²) >= 11 is 1.74. The molecule has 0 bridgehead atoms. The summed E-state index contributed by atoms with van der Waals surface area (Å²) in [6.45, 7) is 9.60. The van der Waals surface area contributed by atoms with Gasteiger partial charge >= 0.3 is 0 Å². The van der Waals surface area contributed by atoms with Crippen LogP contribution in [0.25, 0.3) is 22.3 Å². The van der Waals surface area contributed by atoms with Crippen molar-refractivity contribution in [1.82, 2.24) is 25.4 Å². The Morgan fingerprint density at radius 2 is 2.04 bits per heavy atom. The van der Waals surface area contributed by atoms with Gasteiger partial charge in [-0.05, 0) is 46.9 Å². The number of thiophene rings is 1. The number of nitrogens with one attached hydrogen (secondary N) is 2. The number of pyridine rings is 1. The maximum atomic E-state index is 12.8. The Labute approximate surface area is 157 Å². The number of hydrogen-bond donors (Lipinski definition) is 2. The normalized spacial score (nSPS) is 11.5. The number of nitrogens with zero attached hydrogens (tertiary/aromatic N) is 3. The zero-order chi connectivity index (χ0) is 18.8. The van der Waals surface area contributed by atoms with Crippen molar-refractivity contribution in [2.75, 3.05) is 20.1 Å².